The molecule has 1 fully saturated rings. The molecule has 2 aromatic rings. The number of methoxy groups -OCH3 is 1. The molecule has 0 bridgehead atoms. The maximum absolute atomic E-state index is 12.5. The van der Waals surface area contributed by atoms with Crippen molar-refractivity contribution in [1.82, 2.24) is 4.90 Å². The van der Waals surface area contributed by atoms with Gasteiger partial charge in [-0.05, 0) is 42.5 Å². The van der Waals surface area contributed by atoms with Gasteiger partial charge in [0.05, 0.1) is 12.7 Å². The lowest BCUT2D eigenvalue weighted by atomic mass is 10.2. The summed E-state index contributed by atoms with van der Waals surface area (Å²) in [5.74, 6) is -0.547. The summed E-state index contributed by atoms with van der Waals surface area (Å²) in [7, 11) is 1.32. The second kappa shape index (κ2) is 9.09. The zero-order valence-electron chi connectivity index (χ0n) is 16.5. The molecule has 1 heterocycles. The predicted octanol–water partition coefficient (Wildman–Crippen LogP) is 2.79. The molecule has 1 saturated heterocycles. The topological polar surface area (TPSA) is 91.0 Å². The SMILES string of the molecule is COC(=O)c1cccc(NC(=O)N2CCN(c3ccc(NC(C)=O)cc3)CC2)c1. The fraction of sp³-hybridized carbons (Fsp3) is 0.286. The number of ether oxygens (including phenoxy) is 1. The van der Waals surface area contributed by atoms with E-state index in [2.05, 4.69) is 15.5 Å². The lowest BCUT2D eigenvalue weighted by Gasteiger charge is -2.36. The van der Waals surface area contributed by atoms with E-state index < -0.39 is 5.97 Å². The lowest BCUT2D eigenvalue weighted by molar-refractivity contribution is -0.114. The molecule has 1 aliphatic heterocycles. The van der Waals surface area contributed by atoms with Gasteiger partial charge in [0.2, 0.25) is 5.91 Å². The molecule has 152 valence electrons. The fourth-order valence-corrected chi connectivity index (χ4v) is 3.17. The highest BCUT2D eigenvalue weighted by molar-refractivity contribution is 5.94. The van der Waals surface area contributed by atoms with Crippen molar-refractivity contribution in [2.24, 2.45) is 0 Å². The van der Waals surface area contributed by atoms with Crippen molar-refractivity contribution in [2.45, 2.75) is 6.92 Å². The first-order valence-corrected chi connectivity index (χ1v) is 9.33. The Bertz CT molecular complexity index is 890. The summed E-state index contributed by atoms with van der Waals surface area (Å²) in [5.41, 5.74) is 2.74. The van der Waals surface area contributed by atoms with E-state index in [1.807, 2.05) is 24.3 Å². The summed E-state index contributed by atoms with van der Waals surface area (Å²) in [6, 6.07) is 14.1. The number of carbonyl (C=O) groups is 3. The Balaban J connectivity index is 1.54. The minimum absolute atomic E-state index is 0.102. The number of rotatable bonds is 4. The molecular weight excluding hydrogens is 372 g/mol. The third-order valence-corrected chi connectivity index (χ3v) is 4.65. The molecule has 0 radical (unpaired) electrons. The Morgan fingerprint density at radius 1 is 0.897 bits per heavy atom. The van der Waals surface area contributed by atoms with E-state index in [4.69, 9.17) is 4.74 Å². The summed E-state index contributed by atoms with van der Waals surface area (Å²) in [4.78, 5) is 39.2. The average molecular weight is 396 g/mol. The number of anilines is 3. The fourth-order valence-electron chi connectivity index (χ4n) is 3.17. The first-order valence-electron chi connectivity index (χ1n) is 9.33. The molecule has 0 unspecified atom stereocenters. The van der Waals surface area contributed by atoms with Crippen LogP contribution in [0.25, 0.3) is 0 Å². The van der Waals surface area contributed by atoms with Crippen LogP contribution in [0.1, 0.15) is 17.3 Å². The molecule has 2 N–H and O–H groups in total. The van der Waals surface area contributed by atoms with Crippen LogP contribution >= 0.6 is 0 Å². The number of nitrogens with zero attached hydrogens (tertiary/aromatic N) is 2. The standard InChI is InChI=1S/C21H24N4O4/c1-15(26)22-17-6-8-19(9-7-17)24-10-12-25(13-11-24)21(28)23-18-5-3-4-16(14-18)20(27)29-2/h3-9,14H,10-13H2,1-2H3,(H,22,26)(H,23,28). The molecule has 0 spiro atoms. The summed E-state index contributed by atoms with van der Waals surface area (Å²) < 4.78 is 4.70. The number of carbonyl (C=O) groups excluding carboxylic acids is 3. The first kappa shape index (κ1) is 20.2. The largest absolute Gasteiger partial charge is 0.465 e. The Kier molecular flexibility index (Phi) is 6.33. The number of piperazine rings is 1. The van der Waals surface area contributed by atoms with Crippen LogP contribution in [0.3, 0.4) is 0 Å². The second-order valence-electron chi connectivity index (χ2n) is 6.70. The Labute approximate surface area is 169 Å². The highest BCUT2D eigenvalue weighted by Crippen LogP contribution is 2.20. The number of nitrogens with one attached hydrogen (secondary N) is 2. The molecule has 0 atom stereocenters. The quantitative estimate of drug-likeness (QED) is 0.776. The van der Waals surface area contributed by atoms with Crippen molar-refractivity contribution < 1.29 is 19.1 Å². The third-order valence-electron chi connectivity index (χ3n) is 4.65. The molecule has 29 heavy (non-hydrogen) atoms. The van der Waals surface area contributed by atoms with Gasteiger partial charge in [-0.15, -0.1) is 0 Å². The van der Waals surface area contributed by atoms with Gasteiger partial charge >= 0.3 is 12.0 Å². The van der Waals surface area contributed by atoms with Crippen LogP contribution in [0.5, 0.6) is 0 Å². The molecule has 3 amide bonds. The maximum atomic E-state index is 12.5. The number of amides is 3. The van der Waals surface area contributed by atoms with Crippen LogP contribution < -0.4 is 15.5 Å². The van der Waals surface area contributed by atoms with E-state index in [1.54, 1.807) is 29.2 Å². The maximum Gasteiger partial charge on any atom is 0.337 e. The van der Waals surface area contributed by atoms with Crippen molar-refractivity contribution in [3.63, 3.8) is 0 Å². The first-order chi connectivity index (χ1) is 14.0. The van der Waals surface area contributed by atoms with Gasteiger partial charge in [-0.25, -0.2) is 9.59 Å². The molecule has 1 aliphatic rings. The number of urea groups is 1. The van der Waals surface area contributed by atoms with Crippen molar-refractivity contribution in [1.29, 1.82) is 0 Å². The van der Waals surface area contributed by atoms with Gasteiger partial charge in [-0.2, -0.15) is 0 Å². The van der Waals surface area contributed by atoms with E-state index >= 15 is 0 Å². The number of esters is 1. The van der Waals surface area contributed by atoms with Gasteiger partial charge < -0.3 is 25.2 Å². The molecular formula is C21H24N4O4. The number of hydrogen-bond acceptors (Lipinski definition) is 5. The van der Waals surface area contributed by atoms with Gasteiger partial charge in [0.1, 0.15) is 0 Å². The van der Waals surface area contributed by atoms with E-state index in [0.29, 0.717) is 37.4 Å². The molecule has 2 aromatic carbocycles. The van der Waals surface area contributed by atoms with Crippen molar-refractivity contribution in [3.05, 3.63) is 54.1 Å². The minimum atomic E-state index is -0.445. The van der Waals surface area contributed by atoms with Crippen LogP contribution in [0.4, 0.5) is 21.9 Å². The van der Waals surface area contributed by atoms with Crippen LogP contribution in [0.2, 0.25) is 0 Å². The van der Waals surface area contributed by atoms with Crippen LogP contribution in [-0.2, 0) is 9.53 Å². The highest BCUT2D eigenvalue weighted by atomic mass is 16.5. The van der Waals surface area contributed by atoms with Crippen molar-refractivity contribution in [3.8, 4) is 0 Å². The Hall–Kier alpha value is -3.55. The lowest BCUT2D eigenvalue weighted by Crippen LogP contribution is -2.50. The Morgan fingerprint density at radius 2 is 1.59 bits per heavy atom. The summed E-state index contributed by atoms with van der Waals surface area (Å²) in [6.45, 7) is 4.04. The smallest absolute Gasteiger partial charge is 0.337 e. The number of benzene rings is 2. The molecule has 0 saturated carbocycles. The van der Waals surface area contributed by atoms with Crippen molar-refractivity contribution >= 4 is 35.0 Å². The van der Waals surface area contributed by atoms with Gasteiger partial charge in [-0.1, -0.05) is 6.07 Å². The predicted molar refractivity (Wildman–Crippen MR) is 111 cm³/mol. The highest BCUT2D eigenvalue weighted by Gasteiger charge is 2.21. The van der Waals surface area contributed by atoms with Gasteiger partial charge in [0.25, 0.3) is 0 Å². The molecule has 0 aromatic heterocycles. The second-order valence-corrected chi connectivity index (χ2v) is 6.70. The van der Waals surface area contributed by atoms with Crippen LogP contribution in [0, 0.1) is 0 Å². The average Bonchev–Trinajstić information content (AvgIpc) is 2.73. The zero-order valence-corrected chi connectivity index (χ0v) is 16.5. The summed E-state index contributed by atoms with van der Waals surface area (Å²) >= 11 is 0. The monoisotopic (exact) mass is 396 g/mol. The minimum Gasteiger partial charge on any atom is -0.465 e. The summed E-state index contributed by atoms with van der Waals surface area (Å²) in [5, 5.41) is 5.58. The van der Waals surface area contributed by atoms with E-state index in [0.717, 1.165) is 11.4 Å². The van der Waals surface area contributed by atoms with E-state index in [1.165, 1.54) is 14.0 Å². The van der Waals surface area contributed by atoms with E-state index in [9.17, 15) is 14.4 Å². The number of hydrogen-bond donors (Lipinski definition) is 2. The van der Waals surface area contributed by atoms with Crippen LogP contribution in [0.15, 0.2) is 48.5 Å². The van der Waals surface area contributed by atoms with Crippen molar-refractivity contribution in [2.75, 3.05) is 48.8 Å². The normalized spacial score (nSPS) is 13.6. The molecule has 0 aliphatic carbocycles. The summed E-state index contributed by atoms with van der Waals surface area (Å²) in [6.07, 6.45) is 0. The molecule has 8 heteroatoms. The zero-order chi connectivity index (χ0) is 20.8. The van der Waals surface area contributed by atoms with Crippen LogP contribution in [-0.4, -0.2) is 56.1 Å². The third kappa shape index (κ3) is 5.25. The van der Waals surface area contributed by atoms with Gasteiger partial charge in [0, 0.05) is 50.2 Å². The molecule has 3 rings (SSSR count). The Morgan fingerprint density at radius 3 is 2.21 bits per heavy atom. The van der Waals surface area contributed by atoms with Gasteiger partial charge in [-0.3, -0.25) is 4.79 Å². The van der Waals surface area contributed by atoms with Gasteiger partial charge in [0.15, 0.2) is 0 Å². The molecule has 8 nitrogen and oxygen atoms in total. The van der Waals surface area contributed by atoms with E-state index in [-0.39, 0.29) is 11.9 Å².